The first-order valence-corrected chi connectivity index (χ1v) is 7.98. The highest BCUT2D eigenvalue weighted by molar-refractivity contribution is 5.19. The Morgan fingerprint density at radius 2 is 1.95 bits per heavy atom. The summed E-state index contributed by atoms with van der Waals surface area (Å²) >= 11 is 0. The molecule has 110 valence electrons. The molecule has 1 aliphatic heterocycles. The maximum absolute atomic E-state index is 5.95. The van der Waals surface area contributed by atoms with E-state index in [1.165, 1.54) is 43.6 Å². The first-order chi connectivity index (χ1) is 9.79. The Hall–Kier alpha value is -0.940. The summed E-state index contributed by atoms with van der Waals surface area (Å²) in [6, 6.07) is 0. The van der Waals surface area contributed by atoms with Gasteiger partial charge in [-0.2, -0.15) is 0 Å². The summed E-state index contributed by atoms with van der Waals surface area (Å²) in [5.74, 6) is 2.21. The number of hydrogen-bond acceptors (Lipinski definition) is 4. The largest absolute Gasteiger partial charge is 0.380 e. The van der Waals surface area contributed by atoms with Crippen LogP contribution in [0.5, 0.6) is 0 Å². The van der Waals surface area contributed by atoms with Crippen LogP contribution in [0.1, 0.15) is 43.0 Å². The number of hydrogen-bond donors (Lipinski definition) is 0. The van der Waals surface area contributed by atoms with E-state index in [0.717, 1.165) is 38.1 Å². The Labute approximate surface area is 120 Å². The Balaban J connectivity index is 1.43. The third-order valence-corrected chi connectivity index (χ3v) is 4.77. The average molecular weight is 276 g/mol. The summed E-state index contributed by atoms with van der Waals surface area (Å²) in [6.45, 7) is 5.08. The molecule has 0 amide bonds. The molecule has 1 aromatic rings. The van der Waals surface area contributed by atoms with Crippen LogP contribution in [-0.4, -0.2) is 46.2 Å². The van der Waals surface area contributed by atoms with Gasteiger partial charge in [0.1, 0.15) is 5.69 Å². The number of aryl methyl sites for hydroxylation is 1. The quantitative estimate of drug-likeness (QED) is 0.790. The van der Waals surface area contributed by atoms with Crippen LogP contribution in [-0.2, 0) is 18.3 Å². The van der Waals surface area contributed by atoms with Gasteiger partial charge in [0.2, 0.25) is 0 Å². The van der Waals surface area contributed by atoms with E-state index in [1.807, 2.05) is 11.7 Å². The summed E-state index contributed by atoms with van der Waals surface area (Å²) in [7, 11) is 2.01. The van der Waals surface area contributed by atoms with Crippen LogP contribution >= 0.6 is 0 Å². The normalized spacial score (nSPS) is 26.8. The molecule has 5 heteroatoms. The van der Waals surface area contributed by atoms with Crippen molar-refractivity contribution in [3.8, 4) is 0 Å². The van der Waals surface area contributed by atoms with Gasteiger partial charge in [-0.15, -0.1) is 5.10 Å². The van der Waals surface area contributed by atoms with Crippen molar-refractivity contribution in [2.24, 2.45) is 18.9 Å². The second-order valence-corrected chi connectivity index (χ2v) is 6.86. The van der Waals surface area contributed by atoms with Gasteiger partial charge in [0.15, 0.2) is 0 Å². The zero-order chi connectivity index (χ0) is 13.5. The zero-order valence-electron chi connectivity index (χ0n) is 12.3. The first kappa shape index (κ1) is 12.8. The lowest BCUT2D eigenvalue weighted by atomic mass is 9.98. The molecule has 0 bridgehead atoms. The van der Waals surface area contributed by atoms with E-state index in [2.05, 4.69) is 15.2 Å². The Morgan fingerprint density at radius 3 is 2.70 bits per heavy atom. The molecule has 0 saturated heterocycles. The fraction of sp³-hybridized carbons (Fsp3) is 0.867. The smallest absolute Gasteiger partial charge is 0.100 e. The molecule has 4 rings (SSSR count). The van der Waals surface area contributed by atoms with Crippen molar-refractivity contribution >= 4 is 0 Å². The van der Waals surface area contributed by atoms with Gasteiger partial charge in [0.05, 0.1) is 12.3 Å². The van der Waals surface area contributed by atoms with E-state index in [1.54, 1.807) is 0 Å². The lowest BCUT2D eigenvalue weighted by Gasteiger charge is -2.32. The van der Waals surface area contributed by atoms with Crippen LogP contribution in [0.15, 0.2) is 0 Å². The van der Waals surface area contributed by atoms with Gasteiger partial charge in [-0.05, 0) is 37.5 Å². The highest BCUT2D eigenvalue weighted by Crippen LogP contribution is 2.34. The molecule has 0 spiro atoms. The molecular formula is C15H24N4O. The highest BCUT2D eigenvalue weighted by atomic mass is 16.5. The van der Waals surface area contributed by atoms with Gasteiger partial charge in [-0.3, -0.25) is 9.58 Å². The summed E-state index contributed by atoms with van der Waals surface area (Å²) < 4.78 is 7.90. The van der Waals surface area contributed by atoms with Crippen LogP contribution in [0, 0.1) is 11.8 Å². The molecule has 5 nitrogen and oxygen atoms in total. The predicted molar refractivity (Wildman–Crippen MR) is 75.3 cm³/mol. The fourth-order valence-electron chi connectivity index (χ4n) is 3.29. The molecule has 3 aliphatic rings. The van der Waals surface area contributed by atoms with Gasteiger partial charge in [0, 0.05) is 39.2 Å². The van der Waals surface area contributed by atoms with E-state index in [9.17, 15) is 0 Å². The minimum Gasteiger partial charge on any atom is -0.380 e. The molecule has 0 N–H and O–H groups in total. The van der Waals surface area contributed by atoms with Crippen LogP contribution < -0.4 is 0 Å². The minimum absolute atomic E-state index is 0.441. The molecule has 2 fully saturated rings. The number of nitrogens with zero attached hydrogens (tertiary/aromatic N) is 4. The average Bonchev–Trinajstić information content (AvgIpc) is 3.33. The standard InChI is InChI=1S/C15H24N4O/c1-18-15-13(10-20-9-12-4-5-12)7-19(6-11-2-3-11)8-14(15)16-17-18/h11-13H,2-10H2,1H3/t13-/m1/s1. The van der Waals surface area contributed by atoms with Crippen molar-refractivity contribution in [2.45, 2.75) is 38.1 Å². The Bertz CT molecular complexity index is 478. The van der Waals surface area contributed by atoms with Crippen LogP contribution in [0.3, 0.4) is 0 Å². The van der Waals surface area contributed by atoms with Gasteiger partial charge in [0.25, 0.3) is 0 Å². The molecule has 2 saturated carbocycles. The molecule has 0 aromatic carbocycles. The van der Waals surface area contributed by atoms with E-state index in [-0.39, 0.29) is 0 Å². The van der Waals surface area contributed by atoms with E-state index >= 15 is 0 Å². The molecule has 20 heavy (non-hydrogen) atoms. The summed E-state index contributed by atoms with van der Waals surface area (Å²) in [6.07, 6.45) is 5.54. The van der Waals surface area contributed by atoms with Crippen molar-refractivity contribution in [2.75, 3.05) is 26.3 Å². The summed E-state index contributed by atoms with van der Waals surface area (Å²) in [5.41, 5.74) is 2.47. The lowest BCUT2D eigenvalue weighted by Crippen LogP contribution is -2.37. The Morgan fingerprint density at radius 1 is 1.15 bits per heavy atom. The molecular weight excluding hydrogens is 252 g/mol. The third-order valence-electron chi connectivity index (χ3n) is 4.77. The minimum atomic E-state index is 0.441. The van der Waals surface area contributed by atoms with Crippen molar-refractivity contribution in [3.63, 3.8) is 0 Å². The van der Waals surface area contributed by atoms with E-state index in [0.29, 0.717) is 5.92 Å². The second kappa shape index (κ2) is 5.11. The SMILES string of the molecule is Cn1nnc2c1[C@@H](COCC1CC1)CN(CC1CC1)C2. The van der Waals surface area contributed by atoms with Crippen molar-refractivity contribution in [1.29, 1.82) is 0 Å². The maximum Gasteiger partial charge on any atom is 0.100 e. The topological polar surface area (TPSA) is 43.2 Å². The second-order valence-electron chi connectivity index (χ2n) is 6.86. The fourth-order valence-corrected chi connectivity index (χ4v) is 3.29. The van der Waals surface area contributed by atoms with Gasteiger partial charge in [-0.1, -0.05) is 5.21 Å². The van der Waals surface area contributed by atoms with Gasteiger partial charge >= 0.3 is 0 Å². The first-order valence-electron chi connectivity index (χ1n) is 7.98. The molecule has 2 aliphatic carbocycles. The summed E-state index contributed by atoms with van der Waals surface area (Å²) in [4.78, 5) is 2.56. The van der Waals surface area contributed by atoms with Crippen LogP contribution in [0.25, 0.3) is 0 Å². The van der Waals surface area contributed by atoms with Crippen LogP contribution in [0.2, 0.25) is 0 Å². The molecule has 0 radical (unpaired) electrons. The van der Waals surface area contributed by atoms with Crippen molar-refractivity contribution in [1.82, 2.24) is 19.9 Å². The molecule has 2 heterocycles. The number of aromatic nitrogens is 3. The van der Waals surface area contributed by atoms with E-state index < -0.39 is 0 Å². The molecule has 0 unspecified atom stereocenters. The molecule has 1 aromatic heterocycles. The summed E-state index contributed by atoms with van der Waals surface area (Å²) in [5, 5.41) is 8.57. The maximum atomic E-state index is 5.95. The third kappa shape index (κ3) is 2.74. The van der Waals surface area contributed by atoms with Gasteiger partial charge in [-0.25, -0.2) is 0 Å². The lowest BCUT2D eigenvalue weighted by molar-refractivity contribution is 0.0872. The van der Waals surface area contributed by atoms with Crippen LogP contribution in [0.4, 0.5) is 0 Å². The van der Waals surface area contributed by atoms with Gasteiger partial charge < -0.3 is 4.74 Å². The zero-order valence-corrected chi connectivity index (χ0v) is 12.3. The number of fused-ring (bicyclic) bond motifs is 1. The van der Waals surface area contributed by atoms with Crippen molar-refractivity contribution in [3.05, 3.63) is 11.4 Å². The number of rotatable bonds is 6. The van der Waals surface area contributed by atoms with E-state index in [4.69, 9.17) is 4.74 Å². The molecule has 1 atom stereocenters. The van der Waals surface area contributed by atoms with Crippen molar-refractivity contribution < 1.29 is 4.74 Å². The highest BCUT2D eigenvalue weighted by Gasteiger charge is 2.33. The monoisotopic (exact) mass is 276 g/mol. The number of ether oxygens (including phenoxy) is 1. The predicted octanol–water partition coefficient (Wildman–Crippen LogP) is 1.55. The Kier molecular flexibility index (Phi) is 3.27.